The highest BCUT2D eigenvalue weighted by molar-refractivity contribution is 6.31. The van der Waals surface area contributed by atoms with Crippen molar-refractivity contribution in [1.82, 2.24) is 34.7 Å². The first kappa shape index (κ1) is 22.0. The van der Waals surface area contributed by atoms with E-state index in [1.807, 2.05) is 36.4 Å². The monoisotopic (exact) mass is 536 g/mol. The van der Waals surface area contributed by atoms with Crippen LogP contribution in [0.25, 0.3) is 33.8 Å². The Hall–Kier alpha value is -5.03. The summed E-state index contributed by atoms with van der Waals surface area (Å²) in [6.45, 7) is 0.208. The number of benzene rings is 2. The number of amides is 1. The fourth-order valence-electron chi connectivity index (χ4n) is 5.44. The van der Waals surface area contributed by atoms with Crippen LogP contribution >= 0.6 is 11.6 Å². The number of hydrogen-bond donors (Lipinski definition) is 2. The molecular formula is C27H17ClN8O3. The molecule has 5 aromatic rings. The Balaban J connectivity index is 1.18. The van der Waals surface area contributed by atoms with E-state index in [1.54, 1.807) is 27.6 Å². The number of H-pyrrole nitrogens is 1. The number of allylic oxidation sites excluding steroid dienone is 1. The highest BCUT2D eigenvalue weighted by Gasteiger charge is 2.45. The van der Waals surface area contributed by atoms with Crippen molar-refractivity contribution >= 4 is 29.1 Å². The number of nitrogens with one attached hydrogen (secondary N) is 2. The first-order valence-corrected chi connectivity index (χ1v) is 12.6. The molecule has 11 nitrogen and oxygen atoms in total. The Labute approximate surface area is 224 Å². The van der Waals surface area contributed by atoms with E-state index in [4.69, 9.17) is 16.3 Å². The summed E-state index contributed by atoms with van der Waals surface area (Å²) in [5.41, 5.74) is 8.30. The van der Waals surface area contributed by atoms with Crippen LogP contribution < -0.4 is 10.9 Å². The van der Waals surface area contributed by atoms with E-state index in [9.17, 15) is 9.59 Å². The Morgan fingerprint density at radius 1 is 1.05 bits per heavy atom. The van der Waals surface area contributed by atoms with E-state index in [-0.39, 0.29) is 18.1 Å². The molecule has 1 atom stereocenters. The minimum absolute atomic E-state index is 0.153. The molecule has 1 saturated carbocycles. The fraction of sp³-hybridized carbons (Fsp3) is 0.111. The predicted octanol–water partition coefficient (Wildman–Crippen LogP) is 4.36. The second kappa shape index (κ2) is 7.98. The van der Waals surface area contributed by atoms with Gasteiger partial charge >= 0.3 is 6.09 Å². The molecule has 0 radical (unpaired) electrons. The number of anilines is 1. The molecule has 3 aliphatic rings. The summed E-state index contributed by atoms with van der Waals surface area (Å²) in [5.74, 6) is 0.803. The molecule has 2 aromatic carbocycles. The molecule has 3 aromatic heterocycles. The van der Waals surface area contributed by atoms with Crippen LogP contribution in [0, 0.1) is 0 Å². The summed E-state index contributed by atoms with van der Waals surface area (Å²) in [5, 5.41) is 14.7. The maximum Gasteiger partial charge on any atom is 0.411 e. The zero-order valence-corrected chi connectivity index (χ0v) is 20.8. The maximum atomic E-state index is 13.6. The van der Waals surface area contributed by atoms with E-state index in [2.05, 4.69) is 30.8 Å². The van der Waals surface area contributed by atoms with Crippen molar-refractivity contribution < 1.29 is 9.53 Å². The number of tetrazole rings is 1. The van der Waals surface area contributed by atoms with E-state index in [0.29, 0.717) is 10.8 Å². The number of imidazole rings is 1. The van der Waals surface area contributed by atoms with Gasteiger partial charge in [0.1, 0.15) is 12.9 Å². The lowest BCUT2D eigenvalue weighted by molar-refractivity contribution is 0.151. The number of pyridine rings is 1. The zero-order chi connectivity index (χ0) is 26.2. The largest absolute Gasteiger partial charge is 0.444 e. The number of aromatic amines is 1. The van der Waals surface area contributed by atoms with Crippen molar-refractivity contribution in [2.75, 3.05) is 5.32 Å². The van der Waals surface area contributed by atoms with Gasteiger partial charge < -0.3 is 9.72 Å². The lowest BCUT2D eigenvalue weighted by Gasteiger charge is -2.17. The van der Waals surface area contributed by atoms with Crippen molar-refractivity contribution in [3.8, 4) is 28.1 Å². The molecule has 1 amide bonds. The van der Waals surface area contributed by atoms with Gasteiger partial charge in [0.05, 0.1) is 29.0 Å². The van der Waals surface area contributed by atoms with Gasteiger partial charge in [-0.2, -0.15) is 4.68 Å². The number of aromatic nitrogens is 7. The van der Waals surface area contributed by atoms with Gasteiger partial charge in [0.2, 0.25) is 0 Å². The van der Waals surface area contributed by atoms with Crippen molar-refractivity contribution in [2.45, 2.75) is 18.9 Å². The average molecular weight is 537 g/mol. The Morgan fingerprint density at radius 2 is 1.97 bits per heavy atom. The standard InChI is InChI=1S/C27H17ClN8O3/c28-16-2-4-22(35-12-30-33-34-35)17(8-16)14-6-23-18-9-19(18)25(36(23)24(37)7-14)26-29-10-21(31-26)13-1-3-20-15(5-13)11-39-27(38)32-20/h1-8,10,12,18H,9,11H2,(H,29,31)(H,32,38). The number of cyclic esters (lactones) is 1. The normalized spacial score (nSPS) is 16.8. The van der Waals surface area contributed by atoms with Gasteiger partial charge in [-0.3, -0.25) is 14.7 Å². The number of fused-ring (bicyclic) bond motifs is 4. The second-order valence-corrected chi connectivity index (χ2v) is 10.0. The SMILES string of the molecule is O=C1Nc2ccc(-c3cnc(C4=C5CC5c5cc(-c6cc(Cl)ccc6-n6cnnn6)cc(=O)n54)[nH]3)cc2CO1. The molecule has 2 aliphatic heterocycles. The van der Waals surface area contributed by atoms with Crippen molar-refractivity contribution in [3.05, 3.63) is 99.1 Å². The molecule has 0 bridgehead atoms. The minimum atomic E-state index is -0.457. The van der Waals surface area contributed by atoms with Crippen molar-refractivity contribution in [1.29, 1.82) is 0 Å². The molecule has 39 heavy (non-hydrogen) atoms. The highest BCUT2D eigenvalue weighted by Crippen LogP contribution is 2.56. The van der Waals surface area contributed by atoms with E-state index >= 15 is 0 Å². The van der Waals surface area contributed by atoms with Crippen LogP contribution in [0.4, 0.5) is 10.5 Å². The summed E-state index contributed by atoms with van der Waals surface area (Å²) in [6.07, 6.45) is 3.68. The fourth-order valence-corrected chi connectivity index (χ4v) is 5.61. The number of ether oxygens (including phenoxy) is 1. The zero-order valence-electron chi connectivity index (χ0n) is 20.1. The number of halogens is 1. The van der Waals surface area contributed by atoms with Gasteiger partial charge in [0.25, 0.3) is 5.56 Å². The Kier molecular flexibility index (Phi) is 4.50. The van der Waals surface area contributed by atoms with E-state index in [0.717, 1.165) is 57.1 Å². The molecule has 2 N–H and O–H groups in total. The van der Waals surface area contributed by atoms with Gasteiger partial charge in [0.15, 0.2) is 5.82 Å². The third-order valence-corrected chi connectivity index (χ3v) is 7.54. The van der Waals surface area contributed by atoms with Gasteiger partial charge in [-0.05, 0) is 64.4 Å². The van der Waals surface area contributed by atoms with Gasteiger partial charge in [-0.1, -0.05) is 17.7 Å². The van der Waals surface area contributed by atoms with Crippen LogP contribution in [0.15, 0.2) is 71.4 Å². The maximum absolute atomic E-state index is 13.6. The number of nitrogens with zero attached hydrogens (tertiary/aromatic N) is 6. The highest BCUT2D eigenvalue weighted by atomic mass is 35.5. The van der Waals surface area contributed by atoms with Crippen LogP contribution in [0.3, 0.4) is 0 Å². The Bertz CT molecular complexity index is 1940. The van der Waals surface area contributed by atoms with E-state index < -0.39 is 6.09 Å². The van der Waals surface area contributed by atoms with Crippen molar-refractivity contribution in [3.63, 3.8) is 0 Å². The molecule has 0 saturated heterocycles. The summed E-state index contributed by atoms with van der Waals surface area (Å²) >= 11 is 6.33. The first-order chi connectivity index (χ1) is 19.0. The summed E-state index contributed by atoms with van der Waals surface area (Å²) < 4.78 is 8.38. The number of carbonyl (C=O) groups is 1. The number of carbonyl (C=O) groups excluding carboxylic acids is 1. The quantitative estimate of drug-likeness (QED) is 0.349. The second-order valence-electron chi connectivity index (χ2n) is 9.61. The smallest absolute Gasteiger partial charge is 0.411 e. The summed E-state index contributed by atoms with van der Waals surface area (Å²) in [4.78, 5) is 33.1. The average Bonchev–Trinajstić information content (AvgIpc) is 3.28. The Morgan fingerprint density at radius 3 is 2.85 bits per heavy atom. The van der Waals surface area contributed by atoms with Crippen LogP contribution in [0.5, 0.6) is 0 Å². The van der Waals surface area contributed by atoms with Gasteiger partial charge in [0, 0.05) is 39.4 Å². The molecule has 5 heterocycles. The lowest BCUT2D eigenvalue weighted by atomic mass is 10.0. The first-order valence-electron chi connectivity index (χ1n) is 12.2. The molecule has 1 aliphatic carbocycles. The third-order valence-electron chi connectivity index (χ3n) is 7.31. The van der Waals surface area contributed by atoms with Crippen LogP contribution in [-0.4, -0.2) is 40.8 Å². The molecule has 0 spiro atoms. The number of hydrogen-bond acceptors (Lipinski definition) is 7. The minimum Gasteiger partial charge on any atom is -0.444 e. The summed E-state index contributed by atoms with van der Waals surface area (Å²) in [7, 11) is 0. The van der Waals surface area contributed by atoms with Crippen molar-refractivity contribution in [2.24, 2.45) is 0 Å². The molecule has 12 heteroatoms. The lowest BCUT2D eigenvalue weighted by Crippen LogP contribution is -2.21. The topological polar surface area (TPSA) is 133 Å². The van der Waals surface area contributed by atoms with Gasteiger partial charge in [-0.25, -0.2) is 9.78 Å². The molecular weight excluding hydrogens is 520 g/mol. The van der Waals surface area contributed by atoms with Crippen LogP contribution in [0.1, 0.15) is 29.4 Å². The molecule has 1 fully saturated rings. The molecule has 8 rings (SSSR count). The van der Waals surface area contributed by atoms with Gasteiger partial charge in [-0.15, -0.1) is 5.10 Å². The predicted molar refractivity (Wildman–Crippen MR) is 141 cm³/mol. The van der Waals surface area contributed by atoms with Crippen LogP contribution in [0.2, 0.25) is 5.02 Å². The van der Waals surface area contributed by atoms with Crippen LogP contribution in [-0.2, 0) is 11.3 Å². The summed E-state index contributed by atoms with van der Waals surface area (Å²) in [6, 6.07) is 14.8. The third kappa shape index (κ3) is 3.43. The number of rotatable bonds is 4. The van der Waals surface area contributed by atoms with E-state index in [1.165, 1.54) is 11.9 Å². The molecule has 1 unspecified atom stereocenters. The molecule has 190 valence electrons.